The lowest BCUT2D eigenvalue weighted by Gasteiger charge is -2.26. The Labute approximate surface area is 145 Å². The van der Waals surface area contributed by atoms with E-state index in [-0.39, 0.29) is 23.9 Å². The molecule has 1 N–H and O–H groups in total. The van der Waals surface area contributed by atoms with Crippen molar-refractivity contribution in [2.75, 3.05) is 13.2 Å². The molecule has 1 saturated heterocycles. The summed E-state index contributed by atoms with van der Waals surface area (Å²) in [6.07, 6.45) is 3.45. The van der Waals surface area contributed by atoms with Gasteiger partial charge in [0.15, 0.2) is 5.82 Å². The van der Waals surface area contributed by atoms with E-state index in [0.717, 1.165) is 18.7 Å². The minimum atomic E-state index is -0.308. The molecule has 134 valence electrons. The molecule has 0 aliphatic carbocycles. The summed E-state index contributed by atoms with van der Waals surface area (Å²) in [5.74, 6) is 1.06. The Bertz CT molecular complexity index is 718. The third kappa shape index (κ3) is 4.07. The van der Waals surface area contributed by atoms with Gasteiger partial charge in [0.2, 0.25) is 0 Å². The number of aromatic nitrogens is 3. The molecule has 2 heterocycles. The number of carbonyl (C=O) groups excluding carboxylic acids is 1. The average Bonchev–Trinajstić information content (AvgIpc) is 3.22. The van der Waals surface area contributed by atoms with Crippen LogP contribution in [-0.2, 0) is 7.05 Å². The Hall–Kier alpha value is -2.64. The maximum atomic E-state index is 12.9. The van der Waals surface area contributed by atoms with Crippen molar-refractivity contribution >= 4 is 6.03 Å². The van der Waals surface area contributed by atoms with Crippen LogP contribution in [0.3, 0.4) is 0 Å². The van der Waals surface area contributed by atoms with E-state index in [2.05, 4.69) is 15.5 Å². The zero-order valence-corrected chi connectivity index (χ0v) is 14.4. The molecule has 1 aromatic carbocycles. The number of hydrogen-bond acceptors (Lipinski definition) is 4. The van der Waals surface area contributed by atoms with E-state index in [1.165, 1.54) is 12.1 Å². The topological polar surface area (TPSA) is 72.3 Å². The molecular weight excluding hydrogens is 325 g/mol. The van der Waals surface area contributed by atoms with Gasteiger partial charge >= 0.3 is 6.03 Å². The number of nitrogens with one attached hydrogen (secondary N) is 1. The fourth-order valence-corrected chi connectivity index (χ4v) is 2.96. The second-order valence-corrected chi connectivity index (χ2v) is 6.27. The number of hydrogen-bond donors (Lipinski definition) is 1. The van der Waals surface area contributed by atoms with Crippen LogP contribution in [0, 0.1) is 5.82 Å². The van der Waals surface area contributed by atoms with Gasteiger partial charge in [-0.3, -0.25) is 0 Å². The normalized spacial score (nSPS) is 18.2. The quantitative estimate of drug-likeness (QED) is 0.901. The van der Waals surface area contributed by atoms with Crippen LogP contribution in [-0.4, -0.2) is 44.9 Å². The number of amides is 2. The number of ether oxygens (including phenoxy) is 1. The minimum Gasteiger partial charge on any atom is -0.491 e. The second kappa shape index (κ2) is 7.50. The van der Waals surface area contributed by atoms with Gasteiger partial charge in [-0.2, -0.15) is 0 Å². The first-order chi connectivity index (χ1) is 12.0. The Morgan fingerprint density at radius 1 is 1.44 bits per heavy atom. The summed E-state index contributed by atoms with van der Waals surface area (Å²) in [4.78, 5) is 14.4. The molecule has 8 heteroatoms. The summed E-state index contributed by atoms with van der Waals surface area (Å²) in [6.45, 7) is 2.86. The van der Waals surface area contributed by atoms with E-state index >= 15 is 0 Å². The molecular formula is C17H22FN5O2. The smallest absolute Gasteiger partial charge is 0.318 e. The number of aryl methyl sites for hydroxylation is 1. The monoisotopic (exact) mass is 347 g/mol. The van der Waals surface area contributed by atoms with Crippen molar-refractivity contribution < 1.29 is 13.9 Å². The summed E-state index contributed by atoms with van der Waals surface area (Å²) in [6, 6.07) is 5.43. The molecule has 1 aliphatic heterocycles. The van der Waals surface area contributed by atoms with Crippen molar-refractivity contribution in [1.82, 2.24) is 25.0 Å². The highest BCUT2D eigenvalue weighted by molar-refractivity contribution is 5.75. The fourth-order valence-electron chi connectivity index (χ4n) is 2.96. The Kier molecular flexibility index (Phi) is 5.16. The summed E-state index contributed by atoms with van der Waals surface area (Å²) in [5, 5.41) is 11.0. The zero-order chi connectivity index (χ0) is 17.8. The number of halogens is 1. The molecule has 0 spiro atoms. The summed E-state index contributed by atoms with van der Waals surface area (Å²) in [5.41, 5.74) is 0. The first-order valence-electron chi connectivity index (χ1n) is 8.34. The van der Waals surface area contributed by atoms with Gasteiger partial charge in [-0.05, 0) is 44.0 Å². The van der Waals surface area contributed by atoms with Crippen LogP contribution in [0.5, 0.6) is 5.75 Å². The number of likely N-dealkylation sites (tertiary alicyclic amines) is 1. The number of nitrogens with zero attached hydrogens (tertiary/aromatic N) is 4. The number of rotatable bonds is 5. The van der Waals surface area contributed by atoms with Crippen LogP contribution in [0.15, 0.2) is 30.6 Å². The largest absolute Gasteiger partial charge is 0.491 e. The zero-order valence-electron chi connectivity index (χ0n) is 14.4. The van der Waals surface area contributed by atoms with Gasteiger partial charge < -0.3 is 19.5 Å². The van der Waals surface area contributed by atoms with Gasteiger partial charge in [-0.1, -0.05) is 0 Å². The molecule has 1 fully saturated rings. The molecule has 0 unspecified atom stereocenters. The van der Waals surface area contributed by atoms with Crippen molar-refractivity contribution in [3.05, 3.63) is 42.2 Å². The van der Waals surface area contributed by atoms with E-state index < -0.39 is 0 Å². The van der Waals surface area contributed by atoms with Gasteiger partial charge in [0, 0.05) is 13.6 Å². The maximum absolute atomic E-state index is 12.9. The number of urea groups is 1. The number of carbonyl (C=O) groups is 1. The molecule has 2 amide bonds. The molecule has 0 radical (unpaired) electrons. The molecule has 7 nitrogen and oxygen atoms in total. The third-order valence-electron chi connectivity index (χ3n) is 4.24. The van der Waals surface area contributed by atoms with Crippen LogP contribution < -0.4 is 10.1 Å². The highest BCUT2D eigenvalue weighted by atomic mass is 19.1. The van der Waals surface area contributed by atoms with Gasteiger partial charge in [0.25, 0.3) is 0 Å². The molecule has 1 aliphatic rings. The minimum absolute atomic E-state index is 0.0577. The lowest BCUT2D eigenvalue weighted by atomic mass is 10.2. The molecule has 2 atom stereocenters. The van der Waals surface area contributed by atoms with Crippen molar-refractivity contribution in [3.63, 3.8) is 0 Å². The lowest BCUT2D eigenvalue weighted by molar-refractivity contribution is 0.180. The molecule has 3 rings (SSSR count). The Morgan fingerprint density at radius 3 is 2.88 bits per heavy atom. The summed E-state index contributed by atoms with van der Waals surface area (Å²) in [7, 11) is 1.88. The van der Waals surface area contributed by atoms with E-state index in [1.54, 1.807) is 23.4 Å². The molecule has 0 saturated carbocycles. The van der Waals surface area contributed by atoms with Crippen LogP contribution in [0.4, 0.5) is 9.18 Å². The van der Waals surface area contributed by atoms with Gasteiger partial charge in [-0.25, -0.2) is 9.18 Å². The predicted octanol–water partition coefficient (Wildman–Crippen LogP) is 2.27. The fraction of sp³-hybridized carbons (Fsp3) is 0.471. The molecule has 0 bridgehead atoms. The third-order valence-corrected chi connectivity index (χ3v) is 4.24. The Balaban J connectivity index is 1.54. The highest BCUT2D eigenvalue weighted by Gasteiger charge is 2.33. The van der Waals surface area contributed by atoms with E-state index in [9.17, 15) is 9.18 Å². The highest BCUT2D eigenvalue weighted by Crippen LogP contribution is 2.30. The van der Waals surface area contributed by atoms with Gasteiger partial charge in [0.1, 0.15) is 24.5 Å². The van der Waals surface area contributed by atoms with Gasteiger partial charge in [-0.15, -0.1) is 10.2 Å². The standard InChI is InChI=1S/C17H22FN5O2/c1-12(10-25-14-7-5-13(18)6-8-14)20-17(24)23-9-3-4-15(23)16-21-19-11-22(16)2/h5-8,11-12,15H,3-4,9-10H2,1-2H3,(H,20,24)/t12-,15-/m1/s1. The van der Waals surface area contributed by atoms with Crippen molar-refractivity contribution in [2.24, 2.45) is 7.05 Å². The molecule has 25 heavy (non-hydrogen) atoms. The SMILES string of the molecule is C[C@H](COc1ccc(F)cc1)NC(=O)N1CCC[C@@H]1c1nncn1C. The van der Waals surface area contributed by atoms with Crippen molar-refractivity contribution in [2.45, 2.75) is 31.8 Å². The molecule has 2 aromatic rings. The number of benzene rings is 1. The maximum Gasteiger partial charge on any atom is 0.318 e. The van der Waals surface area contributed by atoms with Crippen LogP contribution in [0.25, 0.3) is 0 Å². The first kappa shape index (κ1) is 17.2. The van der Waals surface area contributed by atoms with Crippen LogP contribution in [0.2, 0.25) is 0 Å². The van der Waals surface area contributed by atoms with E-state index in [1.807, 2.05) is 18.5 Å². The second-order valence-electron chi connectivity index (χ2n) is 6.27. The van der Waals surface area contributed by atoms with Crippen molar-refractivity contribution in [3.8, 4) is 5.75 Å². The average molecular weight is 347 g/mol. The first-order valence-corrected chi connectivity index (χ1v) is 8.34. The Morgan fingerprint density at radius 2 is 2.20 bits per heavy atom. The van der Waals surface area contributed by atoms with Gasteiger partial charge in [0.05, 0.1) is 12.1 Å². The predicted molar refractivity (Wildman–Crippen MR) is 89.6 cm³/mol. The molecule has 1 aromatic heterocycles. The van der Waals surface area contributed by atoms with E-state index in [4.69, 9.17) is 4.74 Å². The summed E-state index contributed by atoms with van der Waals surface area (Å²) < 4.78 is 20.3. The summed E-state index contributed by atoms with van der Waals surface area (Å²) >= 11 is 0. The van der Waals surface area contributed by atoms with E-state index in [0.29, 0.717) is 18.9 Å². The lowest BCUT2D eigenvalue weighted by Crippen LogP contribution is -2.45. The van der Waals surface area contributed by atoms with Crippen molar-refractivity contribution in [1.29, 1.82) is 0 Å². The van der Waals surface area contributed by atoms with Crippen LogP contribution in [0.1, 0.15) is 31.6 Å². The van der Waals surface area contributed by atoms with Crippen LogP contribution >= 0.6 is 0 Å².